The van der Waals surface area contributed by atoms with Crippen molar-refractivity contribution in [3.8, 4) is 0 Å². The van der Waals surface area contributed by atoms with E-state index in [0.717, 1.165) is 23.9 Å². The molecule has 0 atom stereocenters. The second-order valence-electron chi connectivity index (χ2n) is 8.56. The molecule has 0 bridgehead atoms. The first kappa shape index (κ1) is 25.3. The summed E-state index contributed by atoms with van der Waals surface area (Å²) >= 11 is 0. The normalized spacial score (nSPS) is 13.8. The van der Waals surface area contributed by atoms with Crippen molar-refractivity contribution < 1.29 is 23.5 Å². The first-order valence-electron chi connectivity index (χ1n) is 11.9. The number of carbonyl (C=O) groups excluding carboxylic acids is 3. The number of hydrogen-bond donors (Lipinski definition) is 3. The van der Waals surface area contributed by atoms with Crippen LogP contribution in [0.5, 0.6) is 0 Å². The molecule has 36 heavy (non-hydrogen) atoms. The zero-order chi connectivity index (χ0) is 25.3. The van der Waals surface area contributed by atoms with E-state index in [9.17, 15) is 18.8 Å². The van der Waals surface area contributed by atoms with Gasteiger partial charge in [0.15, 0.2) is 0 Å². The summed E-state index contributed by atoms with van der Waals surface area (Å²) in [5, 5.41) is 9.99. The van der Waals surface area contributed by atoms with Gasteiger partial charge >= 0.3 is 0 Å². The summed E-state index contributed by atoms with van der Waals surface area (Å²) in [7, 11) is 0. The van der Waals surface area contributed by atoms with Crippen molar-refractivity contribution in [2.45, 2.75) is 12.8 Å². The monoisotopic (exact) mass is 492 g/mol. The van der Waals surface area contributed by atoms with Crippen LogP contribution >= 0.6 is 0 Å². The van der Waals surface area contributed by atoms with Crippen LogP contribution in [-0.4, -0.2) is 62.0 Å². The Balaban J connectivity index is 1.23. The third-order valence-corrected chi connectivity index (χ3v) is 5.93. The Hall–Kier alpha value is -3.82. The minimum atomic E-state index is -0.588. The largest absolute Gasteiger partial charge is 0.379 e. The molecule has 3 aromatic carbocycles. The van der Waals surface area contributed by atoms with Crippen LogP contribution in [0.4, 0.5) is 15.8 Å². The molecule has 3 amide bonds. The molecule has 1 saturated heterocycles. The quantitative estimate of drug-likeness (QED) is 0.425. The number of carbonyl (C=O) groups is 3. The minimum absolute atomic E-state index is 0.00406. The van der Waals surface area contributed by atoms with E-state index < -0.39 is 5.82 Å². The Morgan fingerprint density at radius 2 is 1.61 bits per heavy atom. The van der Waals surface area contributed by atoms with E-state index in [4.69, 9.17) is 4.74 Å². The lowest BCUT2D eigenvalue weighted by atomic mass is 10.1. The summed E-state index contributed by atoms with van der Waals surface area (Å²) in [4.78, 5) is 39.2. The van der Waals surface area contributed by atoms with Gasteiger partial charge in [-0.05, 0) is 41.1 Å². The Morgan fingerprint density at radius 1 is 0.861 bits per heavy atom. The Labute approximate surface area is 208 Å². The highest BCUT2D eigenvalue weighted by atomic mass is 19.1. The molecule has 3 aromatic rings. The maximum absolute atomic E-state index is 14.2. The number of amides is 3. The second kappa shape index (κ2) is 12.2. The van der Waals surface area contributed by atoms with Gasteiger partial charge < -0.3 is 20.7 Å². The van der Waals surface area contributed by atoms with Crippen LogP contribution in [0, 0.1) is 5.82 Å². The smallest absolute Gasteiger partial charge is 0.251 e. The summed E-state index contributed by atoms with van der Waals surface area (Å²) in [5.74, 6) is -1.50. The molecular formula is C27H29FN4O4. The standard InChI is InChI=1S/C27H29FN4O4/c28-23-8-7-22(18-24(23)31-26(34)10-12-32-13-15-36-16-14-32)30-25(33)9-11-29-27(35)21-6-5-19-3-1-2-4-20(19)17-21/h1-8,17-18H,9-16H2,(H,29,35)(H,30,33)(H,31,34). The highest BCUT2D eigenvalue weighted by Crippen LogP contribution is 2.20. The number of halogens is 1. The molecule has 0 aromatic heterocycles. The third kappa shape index (κ3) is 7.10. The first-order valence-corrected chi connectivity index (χ1v) is 11.9. The molecule has 0 saturated carbocycles. The van der Waals surface area contributed by atoms with E-state index in [1.54, 1.807) is 12.1 Å². The van der Waals surface area contributed by atoms with Crippen molar-refractivity contribution >= 4 is 39.9 Å². The molecule has 0 unspecified atom stereocenters. The summed E-state index contributed by atoms with van der Waals surface area (Å²) in [6.07, 6.45) is 0.269. The van der Waals surface area contributed by atoms with Gasteiger partial charge in [-0.2, -0.15) is 0 Å². The molecular weight excluding hydrogens is 463 g/mol. The second-order valence-corrected chi connectivity index (χ2v) is 8.56. The Kier molecular flexibility index (Phi) is 8.59. The summed E-state index contributed by atoms with van der Waals surface area (Å²) in [6.45, 7) is 3.54. The minimum Gasteiger partial charge on any atom is -0.379 e. The molecule has 1 heterocycles. The van der Waals surface area contributed by atoms with Gasteiger partial charge in [0, 0.05) is 50.3 Å². The van der Waals surface area contributed by atoms with Crippen molar-refractivity contribution in [2.24, 2.45) is 0 Å². The molecule has 3 N–H and O–H groups in total. The van der Waals surface area contributed by atoms with Gasteiger partial charge in [-0.15, -0.1) is 0 Å². The number of rotatable bonds is 9. The highest BCUT2D eigenvalue weighted by molar-refractivity contribution is 5.99. The first-order chi connectivity index (χ1) is 17.5. The lowest BCUT2D eigenvalue weighted by Crippen LogP contribution is -2.38. The fourth-order valence-corrected chi connectivity index (χ4v) is 3.94. The fraction of sp³-hybridized carbons (Fsp3) is 0.296. The SMILES string of the molecule is O=C(CCNC(=O)c1ccc2ccccc2c1)Nc1ccc(F)c(NC(=O)CCN2CCOCC2)c1. The molecule has 4 rings (SSSR count). The number of fused-ring (bicyclic) bond motifs is 1. The highest BCUT2D eigenvalue weighted by Gasteiger charge is 2.14. The molecule has 0 aliphatic carbocycles. The number of nitrogens with one attached hydrogen (secondary N) is 3. The van der Waals surface area contributed by atoms with Crippen LogP contribution in [0.15, 0.2) is 60.7 Å². The van der Waals surface area contributed by atoms with Gasteiger partial charge in [0.25, 0.3) is 5.91 Å². The topological polar surface area (TPSA) is 99.8 Å². The summed E-state index contributed by atoms with van der Waals surface area (Å²) < 4.78 is 19.5. The number of nitrogens with zero attached hydrogens (tertiary/aromatic N) is 1. The van der Waals surface area contributed by atoms with Crippen molar-refractivity contribution in [1.82, 2.24) is 10.2 Å². The molecule has 1 fully saturated rings. The van der Waals surface area contributed by atoms with E-state index in [1.165, 1.54) is 18.2 Å². The van der Waals surface area contributed by atoms with Crippen LogP contribution in [0.1, 0.15) is 23.2 Å². The van der Waals surface area contributed by atoms with Gasteiger partial charge in [-0.1, -0.05) is 30.3 Å². The van der Waals surface area contributed by atoms with E-state index >= 15 is 0 Å². The Bertz CT molecular complexity index is 1240. The van der Waals surface area contributed by atoms with Crippen molar-refractivity contribution in [1.29, 1.82) is 0 Å². The molecule has 8 nitrogen and oxygen atoms in total. The summed E-state index contributed by atoms with van der Waals surface area (Å²) in [5.41, 5.74) is 0.872. The lowest BCUT2D eigenvalue weighted by molar-refractivity contribution is -0.117. The predicted octanol–water partition coefficient (Wildman–Crippen LogP) is 3.40. The van der Waals surface area contributed by atoms with Crippen molar-refractivity contribution in [3.05, 3.63) is 72.0 Å². The molecule has 188 valence electrons. The van der Waals surface area contributed by atoms with Crippen LogP contribution in [0.25, 0.3) is 10.8 Å². The number of ether oxygens (including phenoxy) is 1. The molecule has 1 aliphatic rings. The van der Waals surface area contributed by atoms with E-state index in [-0.39, 0.29) is 42.8 Å². The number of benzene rings is 3. The average Bonchev–Trinajstić information content (AvgIpc) is 2.89. The van der Waals surface area contributed by atoms with Crippen LogP contribution in [0.2, 0.25) is 0 Å². The van der Waals surface area contributed by atoms with Gasteiger partial charge in [-0.25, -0.2) is 4.39 Å². The number of morpholine rings is 1. The lowest BCUT2D eigenvalue weighted by Gasteiger charge is -2.26. The maximum atomic E-state index is 14.2. The van der Waals surface area contributed by atoms with E-state index in [0.29, 0.717) is 31.0 Å². The van der Waals surface area contributed by atoms with Crippen molar-refractivity contribution in [3.63, 3.8) is 0 Å². The summed E-state index contributed by atoms with van der Waals surface area (Å²) in [6, 6.07) is 17.2. The average molecular weight is 493 g/mol. The molecule has 9 heteroatoms. The van der Waals surface area contributed by atoms with Gasteiger partial charge in [-0.3, -0.25) is 19.3 Å². The van der Waals surface area contributed by atoms with Gasteiger partial charge in [0.1, 0.15) is 5.82 Å². The van der Waals surface area contributed by atoms with Crippen LogP contribution in [0.3, 0.4) is 0 Å². The van der Waals surface area contributed by atoms with E-state index in [2.05, 4.69) is 20.9 Å². The fourth-order valence-electron chi connectivity index (χ4n) is 3.94. The zero-order valence-electron chi connectivity index (χ0n) is 19.9. The molecule has 1 aliphatic heterocycles. The predicted molar refractivity (Wildman–Crippen MR) is 136 cm³/mol. The van der Waals surface area contributed by atoms with Gasteiger partial charge in [0.2, 0.25) is 11.8 Å². The Morgan fingerprint density at radius 3 is 2.42 bits per heavy atom. The van der Waals surface area contributed by atoms with Crippen LogP contribution < -0.4 is 16.0 Å². The zero-order valence-corrected chi connectivity index (χ0v) is 19.9. The maximum Gasteiger partial charge on any atom is 0.251 e. The third-order valence-electron chi connectivity index (χ3n) is 5.93. The van der Waals surface area contributed by atoms with Crippen molar-refractivity contribution in [2.75, 3.05) is 50.0 Å². The van der Waals surface area contributed by atoms with E-state index in [1.807, 2.05) is 30.3 Å². The molecule has 0 radical (unpaired) electrons. The molecule has 0 spiro atoms. The van der Waals surface area contributed by atoms with Gasteiger partial charge in [0.05, 0.1) is 18.9 Å². The van der Waals surface area contributed by atoms with Crippen LogP contribution in [-0.2, 0) is 14.3 Å². The number of anilines is 2. The number of hydrogen-bond acceptors (Lipinski definition) is 5.